The average molecular weight is 371 g/mol. The predicted molar refractivity (Wildman–Crippen MR) is 113 cm³/mol. The van der Waals surface area contributed by atoms with Gasteiger partial charge in [-0.25, -0.2) is 0 Å². The third-order valence-corrected chi connectivity index (χ3v) is 4.36. The van der Waals surface area contributed by atoms with Gasteiger partial charge in [0.05, 0.1) is 22.9 Å². The van der Waals surface area contributed by atoms with Crippen LogP contribution in [-0.4, -0.2) is 10.9 Å². The Balaban J connectivity index is 0.00000136. The van der Waals surface area contributed by atoms with Crippen molar-refractivity contribution in [2.24, 2.45) is 0 Å². The molecule has 1 N–H and O–H groups in total. The lowest BCUT2D eigenvalue weighted by atomic mass is 10.0. The normalized spacial score (nSPS) is 9.68. The fourth-order valence-corrected chi connectivity index (χ4v) is 2.79. The summed E-state index contributed by atoms with van der Waals surface area (Å²) in [7, 11) is 0. The van der Waals surface area contributed by atoms with Gasteiger partial charge in [-0.3, -0.25) is 9.78 Å². The van der Waals surface area contributed by atoms with Crippen molar-refractivity contribution >= 4 is 5.91 Å². The number of benzene rings is 2. The van der Waals surface area contributed by atoms with E-state index in [1.165, 1.54) is 0 Å². The van der Waals surface area contributed by atoms with Gasteiger partial charge in [0.25, 0.3) is 5.91 Å². The van der Waals surface area contributed by atoms with E-state index in [9.17, 15) is 4.79 Å². The first-order valence-electron chi connectivity index (χ1n) is 9.38. The monoisotopic (exact) mass is 371 g/mol. The Hall–Kier alpha value is -3.45. The zero-order valence-electron chi connectivity index (χ0n) is 16.8. The van der Waals surface area contributed by atoms with E-state index in [1.807, 2.05) is 70.2 Å². The molecule has 0 aliphatic carbocycles. The first-order valence-corrected chi connectivity index (χ1v) is 9.38. The number of hydrogen-bond donors (Lipinski definition) is 1. The van der Waals surface area contributed by atoms with Gasteiger partial charge in [0.15, 0.2) is 0 Å². The number of carbonyl (C=O) groups excluding carboxylic acids is 1. The second-order valence-electron chi connectivity index (χ2n) is 6.18. The fraction of sp³-hybridized carbons (Fsp3) is 0.208. The highest BCUT2D eigenvalue weighted by Gasteiger charge is 2.09. The summed E-state index contributed by atoms with van der Waals surface area (Å²) >= 11 is 0. The number of aromatic nitrogens is 1. The molecule has 0 saturated carbocycles. The Morgan fingerprint density at radius 3 is 2.39 bits per heavy atom. The number of carbonyl (C=O) groups is 1. The number of amides is 1. The van der Waals surface area contributed by atoms with Crippen LogP contribution in [0.2, 0.25) is 0 Å². The molecule has 1 amide bonds. The maximum absolute atomic E-state index is 12.4. The lowest BCUT2D eigenvalue weighted by Gasteiger charge is -2.09. The van der Waals surface area contributed by atoms with Crippen molar-refractivity contribution < 1.29 is 4.79 Å². The van der Waals surface area contributed by atoms with E-state index in [-0.39, 0.29) is 5.91 Å². The van der Waals surface area contributed by atoms with Crippen LogP contribution in [0.1, 0.15) is 46.5 Å². The van der Waals surface area contributed by atoms with Crippen molar-refractivity contribution in [2.45, 2.75) is 34.2 Å². The molecule has 1 aromatic heterocycles. The van der Waals surface area contributed by atoms with Gasteiger partial charge in [0.1, 0.15) is 0 Å². The Kier molecular flexibility index (Phi) is 7.47. The van der Waals surface area contributed by atoms with Gasteiger partial charge < -0.3 is 5.32 Å². The lowest BCUT2D eigenvalue weighted by molar-refractivity contribution is 0.0950. The van der Waals surface area contributed by atoms with Crippen molar-refractivity contribution in [2.75, 3.05) is 0 Å². The summed E-state index contributed by atoms with van der Waals surface area (Å²) in [6.45, 7) is 8.38. The first kappa shape index (κ1) is 20.9. The van der Waals surface area contributed by atoms with Crippen LogP contribution in [0.3, 0.4) is 0 Å². The molecular formula is C24H25N3O. The first-order chi connectivity index (χ1) is 13.6. The summed E-state index contributed by atoms with van der Waals surface area (Å²) in [6, 6.07) is 19.2. The van der Waals surface area contributed by atoms with Crippen LogP contribution in [-0.2, 0) is 6.54 Å². The molecule has 3 rings (SSSR count). The molecule has 4 nitrogen and oxygen atoms in total. The standard InChI is InChI=1S/C22H19N3O.C2H6/c1-15-5-3-4-6-20(15)21-10-9-19(14-24-21)22(26)25-13-18-8-7-17(12-23)11-16(18)2;1-2/h3-11,14H,13H2,1-2H3,(H,25,26);1-2H3. The van der Waals surface area contributed by atoms with Crippen LogP contribution in [0.4, 0.5) is 0 Å². The largest absolute Gasteiger partial charge is 0.348 e. The van der Waals surface area contributed by atoms with E-state index in [0.29, 0.717) is 17.7 Å². The predicted octanol–water partition coefficient (Wildman–Crippen LogP) is 5.19. The summed E-state index contributed by atoms with van der Waals surface area (Å²) in [6.07, 6.45) is 1.60. The van der Waals surface area contributed by atoms with E-state index in [0.717, 1.165) is 27.9 Å². The van der Waals surface area contributed by atoms with Gasteiger partial charge in [0.2, 0.25) is 0 Å². The summed E-state index contributed by atoms with van der Waals surface area (Å²) in [5, 5.41) is 11.8. The Bertz CT molecular complexity index is 985. The van der Waals surface area contributed by atoms with Gasteiger partial charge in [-0.05, 0) is 54.8 Å². The number of rotatable bonds is 4. The number of aryl methyl sites for hydroxylation is 2. The number of hydrogen-bond acceptors (Lipinski definition) is 3. The minimum absolute atomic E-state index is 0.169. The summed E-state index contributed by atoms with van der Waals surface area (Å²) in [5.74, 6) is -0.169. The van der Waals surface area contributed by atoms with Crippen molar-refractivity contribution in [3.05, 3.63) is 88.6 Å². The third kappa shape index (κ3) is 5.05. The van der Waals surface area contributed by atoms with Crippen molar-refractivity contribution in [1.82, 2.24) is 10.3 Å². The summed E-state index contributed by atoms with van der Waals surface area (Å²) in [5.41, 5.74) is 6.17. The van der Waals surface area contributed by atoms with Gasteiger partial charge in [-0.15, -0.1) is 0 Å². The Labute approximate surface area is 166 Å². The zero-order valence-corrected chi connectivity index (χ0v) is 16.8. The highest BCUT2D eigenvalue weighted by atomic mass is 16.1. The second kappa shape index (κ2) is 10.0. The second-order valence-corrected chi connectivity index (χ2v) is 6.18. The van der Waals surface area contributed by atoms with Crippen LogP contribution >= 0.6 is 0 Å². The number of nitrogens with zero attached hydrogens (tertiary/aromatic N) is 2. The molecule has 0 bridgehead atoms. The highest BCUT2D eigenvalue weighted by Crippen LogP contribution is 2.21. The van der Waals surface area contributed by atoms with Crippen LogP contribution in [0.25, 0.3) is 11.3 Å². The minimum Gasteiger partial charge on any atom is -0.348 e. The third-order valence-electron chi connectivity index (χ3n) is 4.36. The number of nitrogens with one attached hydrogen (secondary N) is 1. The van der Waals surface area contributed by atoms with E-state index in [1.54, 1.807) is 18.3 Å². The number of nitriles is 1. The Morgan fingerprint density at radius 2 is 1.79 bits per heavy atom. The molecule has 3 aromatic rings. The van der Waals surface area contributed by atoms with Gasteiger partial charge in [0, 0.05) is 18.3 Å². The smallest absolute Gasteiger partial charge is 0.253 e. The minimum atomic E-state index is -0.169. The Morgan fingerprint density at radius 1 is 1.04 bits per heavy atom. The van der Waals surface area contributed by atoms with E-state index < -0.39 is 0 Å². The maximum Gasteiger partial charge on any atom is 0.253 e. The molecule has 0 unspecified atom stereocenters. The topological polar surface area (TPSA) is 65.8 Å². The molecule has 0 radical (unpaired) electrons. The van der Waals surface area contributed by atoms with Gasteiger partial charge in [-0.1, -0.05) is 44.2 Å². The molecule has 0 fully saturated rings. The highest BCUT2D eigenvalue weighted by molar-refractivity contribution is 5.94. The summed E-state index contributed by atoms with van der Waals surface area (Å²) < 4.78 is 0. The quantitative estimate of drug-likeness (QED) is 0.686. The van der Waals surface area contributed by atoms with E-state index in [2.05, 4.69) is 16.4 Å². The molecule has 0 saturated heterocycles. The van der Waals surface area contributed by atoms with E-state index in [4.69, 9.17) is 5.26 Å². The summed E-state index contributed by atoms with van der Waals surface area (Å²) in [4.78, 5) is 16.8. The lowest BCUT2D eigenvalue weighted by Crippen LogP contribution is -2.23. The SMILES string of the molecule is CC.Cc1cc(C#N)ccc1CNC(=O)c1ccc(-c2ccccc2C)nc1. The molecule has 28 heavy (non-hydrogen) atoms. The zero-order chi connectivity index (χ0) is 20.5. The fourth-order valence-electron chi connectivity index (χ4n) is 2.79. The van der Waals surface area contributed by atoms with Crippen LogP contribution in [0, 0.1) is 25.2 Å². The van der Waals surface area contributed by atoms with Crippen LogP contribution < -0.4 is 5.32 Å². The molecule has 0 spiro atoms. The molecule has 4 heteroatoms. The molecule has 142 valence electrons. The van der Waals surface area contributed by atoms with E-state index >= 15 is 0 Å². The van der Waals surface area contributed by atoms with Gasteiger partial charge >= 0.3 is 0 Å². The molecule has 1 heterocycles. The maximum atomic E-state index is 12.4. The van der Waals surface area contributed by atoms with Crippen molar-refractivity contribution in [3.63, 3.8) is 0 Å². The van der Waals surface area contributed by atoms with Crippen LogP contribution in [0.15, 0.2) is 60.8 Å². The van der Waals surface area contributed by atoms with Gasteiger partial charge in [-0.2, -0.15) is 5.26 Å². The molecule has 2 aromatic carbocycles. The average Bonchev–Trinajstić information content (AvgIpc) is 2.74. The molecule has 0 aliphatic rings. The number of pyridine rings is 1. The van der Waals surface area contributed by atoms with Crippen LogP contribution in [0.5, 0.6) is 0 Å². The van der Waals surface area contributed by atoms with Crippen molar-refractivity contribution in [3.8, 4) is 17.3 Å². The molecule has 0 atom stereocenters. The molecule has 0 aliphatic heterocycles. The van der Waals surface area contributed by atoms with Crippen molar-refractivity contribution in [1.29, 1.82) is 5.26 Å². The molecular weight excluding hydrogens is 346 g/mol.